The molecule has 0 aliphatic rings. The van der Waals surface area contributed by atoms with Crippen molar-refractivity contribution >= 4 is 11.6 Å². The summed E-state index contributed by atoms with van der Waals surface area (Å²) in [7, 11) is 0. The van der Waals surface area contributed by atoms with Crippen LogP contribution in [0, 0.1) is 11.3 Å². The van der Waals surface area contributed by atoms with Crippen molar-refractivity contribution in [1.82, 2.24) is 0 Å². The summed E-state index contributed by atoms with van der Waals surface area (Å²) < 4.78 is 5.96. The first-order valence-corrected chi connectivity index (χ1v) is 8.73. The second-order valence-electron chi connectivity index (χ2n) is 6.09. The highest BCUT2D eigenvalue weighted by atomic mass is 16.5. The van der Waals surface area contributed by atoms with Crippen molar-refractivity contribution in [3.8, 4) is 6.07 Å². The van der Waals surface area contributed by atoms with E-state index in [1.54, 1.807) is 12.1 Å². The van der Waals surface area contributed by atoms with Crippen LogP contribution in [-0.4, -0.2) is 12.5 Å². The lowest BCUT2D eigenvalue weighted by Crippen LogP contribution is -2.20. The van der Waals surface area contributed by atoms with Crippen molar-refractivity contribution in [3.05, 3.63) is 102 Å². The lowest BCUT2D eigenvalue weighted by Gasteiger charge is -2.19. The summed E-state index contributed by atoms with van der Waals surface area (Å²) >= 11 is 0. The molecule has 27 heavy (non-hydrogen) atoms. The number of nitrogens with zero attached hydrogens (tertiary/aromatic N) is 1. The summed E-state index contributed by atoms with van der Waals surface area (Å²) in [6, 6.07) is 29.0. The first-order chi connectivity index (χ1) is 13.3. The smallest absolute Gasteiger partial charge is 0.250 e. The maximum atomic E-state index is 12.3. The van der Waals surface area contributed by atoms with Crippen molar-refractivity contribution in [2.75, 3.05) is 11.9 Å². The van der Waals surface area contributed by atoms with E-state index in [1.807, 2.05) is 72.8 Å². The molecule has 0 aliphatic heterocycles. The summed E-state index contributed by atoms with van der Waals surface area (Å²) in [5.41, 5.74) is 3.59. The molecule has 1 amide bonds. The van der Waals surface area contributed by atoms with E-state index in [0.29, 0.717) is 12.1 Å². The van der Waals surface area contributed by atoms with Gasteiger partial charge >= 0.3 is 0 Å². The average Bonchev–Trinajstić information content (AvgIpc) is 2.71. The maximum absolute atomic E-state index is 12.3. The fourth-order valence-corrected chi connectivity index (χ4v) is 2.79. The molecule has 3 aromatic rings. The van der Waals surface area contributed by atoms with Gasteiger partial charge in [-0.1, -0.05) is 72.8 Å². The van der Waals surface area contributed by atoms with Gasteiger partial charge in [-0.25, -0.2) is 0 Å². The fourth-order valence-electron chi connectivity index (χ4n) is 2.79. The molecule has 3 rings (SSSR count). The predicted octanol–water partition coefficient (Wildman–Crippen LogP) is 4.50. The highest BCUT2D eigenvalue weighted by Gasteiger charge is 2.16. The van der Waals surface area contributed by atoms with Crippen LogP contribution >= 0.6 is 0 Å². The largest absolute Gasteiger partial charge is 0.359 e. The summed E-state index contributed by atoms with van der Waals surface area (Å²) in [5, 5.41) is 11.5. The molecular formula is C23H20N2O2. The molecule has 4 nitrogen and oxygen atoms in total. The summed E-state index contributed by atoms with van der Waals surface area (Å²) in [6.07, 6.45) is 0.0452. The number of rotatable bonds is 7. The zero-order chi connectivity index (χ0) is 18.9. The van der Waals surface area contributed by atoms with Crippen LogP contribution in [0.15, 0.2) is 84.9 Å². The van der Waals surface area contributed by atoms with Crippen molar-refractivity contribution in [3.63, 3.8) is 0 Å². The van der Waals surface area contributed by atoms with Gasteiger partial charge in [0.1, 0.15) is 12.7 Å². The van der Waals surface area contributed by atoms with Crippen molar-refractivity contribution < 1.29 is 9.53 Å². The first-order valence-electron chi connectivity index (χ1n) is 8.73. The van der Waals surface area contributed by atoms with Crippen LogP contribution in [0.5, 0.6) is 0 Å². The number of hydrogen-bond acceptors (Lipinski definition) is 3. The van der Waals surface area contributed by atoms with Crippen LogP contribution in [0.1, 0.15) is 22.8 Å². The van der Waals surface area contributed by atoms with Crippen molar-refractivity contribution in [1.29, 1.82) is 5.26 Å². The normalized spacial score (nSPS) is 10.4. The Bertz CT molecular complexity index is 861. The number of nitrogens with one attached hydrogen (secondary N) is 1. The SMILES string of the molecule is N#CCc1ccc(NC(=O)COC(c2ccccc2)c2ccccc2)cc1. The minimum absolute atomic E-state index is 0.0611. The van der Waals surface area contributed by atoms with E-state index in [4.69, 9.17) is 10.00 Å². The molecule has 0 heterocycles. The zero-order valence-corrected chi connectivity index (χ0v) is 14.8. The Morgan fingerprint density at radius 2 is 1.44 bits per heavy atom. The Labute approximate surface area is 159 Å². The first kappa shape index (κ1) is 18.4. The monoisotopic (exact) mass is 356 g/mol. The third-order valence-electron chi connectivity index (χ3n) is 4.11. The lowest BCUT2D eigenvalue weighted by molar-refractivity contribution is -0.121. The quantitative estimate of drug-likeness (QED) is 0.678. The molecule has 0 unspecified atom stereocenters. The Morgan fingerprint density at radius 1 is 0.889 bits per heavy atom. The van der Waals surface area contributed by atoms with E-state index >= 15 is 0 Å². The summed E-state index contributed by atoms with van der Waals surface area (Å²) in [4.78, 5) is 12.3. The number of hydrogen-bond donors (Lipinski definition) is 1. The highest BCUT2D eigenvalue weighted by Crippen LogP contribution is 2.25. The van der Waals surface area contributed by atoms with Gasteiger partial charge in [0.25, 0.3) is 0 Å². The van der Waals surface area contributed by atoms with Gasteiger partial charge in [0, 0.05) is 5.69 Å². The van der Waals surface area contributed by atoms with Gasteiger partial charge in [-0.2, -0.15) is 5.26 Å². The van der Waals surface area contributed by atoms with Crippen LogP contribution in [0.25, 0.3) is 0 Å². The summed E-state index contributed by atoms with van der Waals surface area (Å²) in [6.45, 7) is -0.0611. The van der Waals surface area contributed by atoms with E-state index in [0.717, 1.165) is 16.7 Å². The van der Waals surface area contributed by atoms with E-state index in [9.17, 15) is 4.79 Å². The molecule has 0 aliphatic carbocycles. The van der Waals surface area contributed by atoms with Crippen LogP contribution in [0.3, 0.4) is 0 Å². The second-order valence-corrected chi connectivity index (χ2v) is 6.09. The number of carbonyl (C=O) groups is 1. The third kappa shape index (κ3) is 5.27. The Kier molecular flexibility index (Phi) is 6.35. The van der Waals surface area contributed by atoms with Crippen molar-refractivity contribution in [2.45, 2.75) is 12.5 Å². The molecule has 0 aromatic heterocycles. The number of amides is 1. The maximum Gasteiger partial charge on any atom is 0.250 e. The van der Waals surface area contributed by atoms with Gasteiger partial charge in [-0.3, -0.25) is 4.79 Å². The molecule has 0 fully saturated rings. The van der Waals surface area contributed by atoms with E-state index < -0.39 is 0 Å². The van der Waals surface area contributed by atoms with E-state index in [1.165, 1.54) is 0 Å². The van der Waals surface area contributed by atoms with E-state index in [-0.39, 0.29) is 18.6 Å². The number of benzene rings is 3. The van der Waals surface area contributed by atoms with Gasteiger partial charge in [-0.15, -0.1) is 0 Å². The topological polar surface area (TPSA) is 62.1 Å². The Hall–Kier alpha value is -3.42. The van der Waals surface area contributed by atoms with Gasteiger partial charge in [0.15, 0.2) is 0 Å². The molecular weight excluding hydrogens is 336 g/mol. The third-order valence-corrected chi connectivity index (χ3v) is 4.11. The highest BCUT2D eigenvalue weighted by molar-refractivity contribution is 5.91. The molecule has 4 heteroatoms. The van der Waals surface area contributed by atoms with Gasteiger partial charge in [-0.05, 0) is 28.8 Å². The zero-order valence-electron chi connectivity index (χ0n) is 14.8. The summed E-state index contributed by atoms with van der Waals surface area (Å²) in [5.74, 6) is -0.222. The molecule has 0 atom stereocenters. The second kappa shape index (κ2) is 9.33. The molecule has 134 valence electrons. The number of anilines is 1. The average molecular weight is 356 g/mol. The Morgan fingerprint density at radius 3 is 1.96 bits per heavy atom. The molecule has 1 N–H and O–H groups in total. The van der Waals surface area contributed by atoms with Gasteiger partial charge < -0.3 is 10.1 Å². The van der Waals surface area contributed by atoms with Crippen LogP contribution in [-0.2, 0) is 16.0 Å². The molecule has 0 saturated carbocycles. The molecule has 0 bridgehead atoms. The molecule has 0 spiro atoms. The standard InChI is InChI=1S/C23H20N2O2/c24-16-15-18-11-13-21(14-12-18)25-22(26)17-27-23(19-7-3-1-4-8-19)20-9-5-2-6-10-20/h1-14,23H,15,17H2,(H,25,26). The predicted molar refractivity (Wildman–Crippen MR) is 105 cm³/mol. The van der Waals surface area contributed by atoms with Gasteiger partial charge in [0.05, 0.1) is 12.5 Å². The number of ether oxygens (including phenoxy) is 1. The molecule has 0 radical (unpaired) electrons. The van der Waals surface area contributed by atoms with Crippen molar-refractivity contribution in [2.24, 2.45) is 0 Å². The van der Waals surface area contributed by atoms with Crippen LogP contribution in [0.4, 0.5) is 5.69 Å². The van der Waals surface area contributed by atoms with Crippen LogP contribution in [0.2, 0.25) is 0 Å². The minimum atomic E-state index is -0.309. The van der Waals surface area contributed by atoms with E-state index in [2.05, 4.69) is 11.4 Å². The van der Waals surface area contributed by atoms with Crippen LogP contribution < -0.4 is 5.32 Å². The Balaban J connectivity index is 1.65. The molecule has 0 saturated heterocycles. The number of carbonyl (C=O) groups excluding carboxylic acids is 1. The molecule has 3 aromatic carbocycles. The van der Waals surface area contributed by atoms with Gasteiger partial charge in [0.2, 0.25) is 5.91 Å². The fraction of sp³-hybridized carbons (Fsp3) is 0.130. The minimum Gasteiger partial charge on any atom is -0.359 e. The number of nitriles is 1. The lowest BCUT2D eigenvalue weighted by atomic mass is 10.0.